The van der Waals surface area contributed by atoms with Crippen molar-refractivity contribution < 1.29 is 19.4 Å². The van der Waals surface area contributed by atoms with Gasteiger partial charge in [0.25, 0.3) is 0 Å². The van der Waals surface area contributed by atoms with Gasteiger partial charge in [-0.05, 0) is 48.7 Å². The van der Waals surface area contributed by atoms with E-state index in [9.17, 15) is 9.90 Å². The van der Waals surface area contributed by atoms with Gasteiger partial charge in [0.15, 0.2) is 5.78 Å². The molecule has 1 aliphatic heterocycles. The molecule has 1 aromatic rings. The summed E-state index contributed by atoms with van der Waals surface area (Å²) < 4.78 is 11.2. The maximum absolute atomic E-state index is 12.3. The highest BCUT2D eigenvalue weighted by atomic mass is 16.5. The summed E-state index contributed by atoms with van der Waals surface area (Å²) in [5.41, 5.74) is 1.18. The van der Waals surface area contributed by atoms with E-state index in [0.29, 0.717) is 19.6 Å². The van der Waals surface area contributed by atoms with E-state index in [0.717, 1.165) is 38.0 Å². The van der Waals surface area contributed by atoms with E-state index in [2.05, 4.69) is 13.0 Å². The summed E-state index contributed by atoms with van der Waals surface area (Å²) in [5, 5.41) is 10.7. The summed E-state index contributed by atoms with van der Waals surface area (Å²) in [6, 6.07) is 10.1. The first kappa shape index (κ1) is 19.3. The average Bonchev–Trinajstić information content (AvgIpc) is 2.65. The van der Waals surface area contributed by atoms with Gasteiger partial charge in [0.2, 0.25) is 0 Å². The molecule has 1 aliphatic carbocycles. The summed E-state index contributed by atoms with van der Waals surface area (Å²) >= 11 is 0. The third-order valence-corrected chi connectivity index (χ3v) is 5.70. The molecule has 0 radical (unpaired) electrons. The van der Waals surface area contributed by atoms with Crippen LogP contribution in [0, 0.1) is 17.3 Å². The molecule has 0 amide bonds. The average molecular weight is 358 g/mol. The number of aliphatic hydroxyl groups excluding tert-OH is 1. The number of carbonyl (C=O) groups excluding carboxylic acids is 1. The van der Waals surface area contributed by atoms with Gasteiger partial charge in [0, 0.05) is 25.7 Å². The number of rotatable bonds is 7. The van der Waals surface area contributed by atoms with E-state index in [1.807, 2.05) is 30.3 Å². The number of aliphatic hydroxyl groups is 1. The Morgan fingerprint density at radius 2 is 2.00 bits per heavy atom. The van der Waals surface area contributed by atoms with Gasteiger partial charge in [-0.25, -0.2) is 0 Å². The van der Waals surface area contributed by atoms with Crippen LogP contribution in [-0.2, 0) is 20.9 Å². The summed E-state index contributed by atoms with van der Waals surface area (Å²) in [4.78, 5) is 12.3. The molecule has 4 nitrogen and oxygen atoms in total. The molecule has 0 saturated carbocycles. The first-order valence-electron chi connectivity index (χ1n) is 9.68. The van der Waals surface area contributed by atoms with Crippen molar-refractivity contribution in [3.8, 4) is 0 Å². The zero-order valence-corrected chi connectivity index (χ0v) is 15.6. The maximum Gasteiger partial charge on any atom is 0.161 e. The molecular formula is C22H30O4. The Morgan fingerprint density at radius 1 is 1.27 bits per heavy atom. The highest BCUT2D eigenvalue weighted by Gasteiger charge is 2.40. The molecule has 3 atom stereocenters. The second-order valence-electron chi connectivity index (χ2n) is 7.93. The van der Waals surface area contributed by atoms with Crippen molar-refractivity contribution in [2.75, 3.05) is 19.8 Å². The maximum atomic E-state index is 12.3. The summed E-state index contributed by atoms with van der Waals surface area (Å²) in [6.07, 6.45) is 6.36. The zero-order valence-electron chi connectivity index (χ0n) is 15.6. The lowest BCUT2D eigenvalue weighted by atomic mass is 9.67. The molecular weight excluding hydrogens is 328 g/mol. The van der Waals surface area contributed by atoms with Gasteiger partial charge in [-0.3, -0.25) is 4.79 Å². The lowest BCUT2D eigenvalue weighted by Gasteiger charge is -2.40. The van der Waals surface area contributed by atoms with Crippen molar-refractivity contribution in [3.05, 3.63) is 48.0 Å². The van der Waals surface area contributed by atoms with Crippen LogP contribution in [0.15, 0.2) is 42.5 Å². The van der Waals surface area contributed by atoms with Crippen molar-refractivity contribution in [2.24, 2.45) is 17.3 Å². The number of ether oxygens (including phenoxy) is 2. The smallest absolute Gasteiger partial charge is 0.161 e. The molecule has 4 heteroatoms. The van der Waals surface area contributed by atoms with Crippen LogP contribution in [0.2, 0.25) is 0 Å². The van der Waals surface area contributed by atoms with Gasteiger partial charge in [0.1, 0.15) is 0 Å². The molecule has 3 rings (SSSR count). The fourth-order valence-electron chi connectivity index (χ4n) is 4.06. The monoisotopic (exact) mass is 358 g/mol. The van der Waals surface area contributed by atoms with Gasteiger partial charge in [-0.15, -0.1) is 0 Å². The number of hydrogen-bond donors (Lipinski definition) is 1. The minimum Gasteiger partial charge on any atom is -0.392 e. The molecule has 142 valence electrons. The summed E-state index contributed by atoms with van der Waals surface area (Å²) in [7, 11) is 0. The van der Waals surface area contributed by atoms with E-state index >= 15 is 0 Å². The van der Waals surface area contributed by atoms with Crippen molar-refractivity contribution in [2.45, 2.75) is 45.3 Å². The Balaban J connectivity index is 1.47. The molecule has 0 bridgehead atoms. The van der Waals surface area contributed by atoms with E-state index < -0.39 is 6.10 Å². The number of allylic oxidation sites excluding steroid dienone is 2. The Bertz CT molecular complexity index is 604. The Kier molecular flexibility index (Phi) is 6.63. The Morgan fingerprint density at radius 3 is 2.73 bits per heavy atom. The lowest BCUT2D eigenvalue weighted by molar-refractivity contribution is -0.125. The van der Waals surface area contributed by atoms with Crippen molar-refractivity contribution in [3.63, 3.8) is 0 Å². The molecule has 1 N–H and O–H groups in total. The zero-order chi connectivity index (χ0) is 18.4. The van der Waals surface area contributed by atoms with E-state index in [1.54, 1.807) is 6.08 Å². The molecule has 1 saturated heterocycles. The summed E-state index contributed by atoms with van der Waals surface area (Å²) in [5.74, 6) is -0.0280. The highest BCUT2D eigenvalue weighted by molar-refractivity contribution is 5.93. The lowest BCUT2D eigenvalue weighted by Crippen LogP contribution is -2.40. The summed E-state index contributed by atoms with van der Waals surface area (Å²) in [6.45, 7) is 4.72. The van der Waals surface area contributed by atoms with Crippen LogP contribution in [0.1, 0.15) is 38.2 Å². The third-order valence-electron chi connectivity index (χ3n) is 5.70. The van der Waals surface area contributed by atoms with Crippen molar-refractivity contribution in [1.82, 2.24) is 0 Å². The van der Waals surface area contributed by atoms with Crippen LogP contribution in [0.5, 0.6) is 0 Å². The number of benzene rings is 1. The second kappa shape index (κ2) is 8.94. The van der Waals surface area contributed by atoms with Crippen molar-refractivity contribution >= 4 is 5.78 Å². The predicted octanol–water partition coefficient (Wildman–Crippen LogP) is 3.53. The largest absolute Gasteiger partial charge is 0.392 e. The first-order chi connectivity index (χ1) is 12.6. The second-order valence-corrected chi connectivity index (χ2v) is 7.93. The minimum atomic E-state index is -0.609. The van der Waals surface area contributed by atoms with Gasteiger partial charge >= 0.3 is 0 Å². The molecule has 2 unspecified atom stereocenters. The Hall–Kier alpha value is -1.49. The molecule has 1 aromatic carbocycles. The fraction of sp³-hybridized carbons (Fsp3) is 0.591. The van der Waals surface area contributed by atoms with Gasteiger partial charge in [-0.1, -0.05) is 43.3 Å². The number of ketones is 1. The Labute approximate surface area is 156 Å². The SMILES string of the molecule is C[C@@H](COCc1ccccc1)CC(O)C1CC2(C=CC1=O)CCOCC2. The van der Waals surface area contributed by atoms with Gasteiger partial charge < -0.3 is 14.6 Å². The van der Waals surface area contributed by atoms with Crippen LogP contribution in [0.25, 0.3) is 0 Å². The standard InChI is InChI=1S/C22H30O4/c1-17(15-26-16-18-5-3-2-4-6-18)13-21(24)19-14-22(8-7-20(19)23)9-11-25-12-10-22/h2-8,17,19,21,24H,9-16H2,1H3/t17-,19?,21?/m1/s1. The molecule has 1 fully saturated rings. The highest BCUT2D eigenvalue weighted by Crippen LogP contribution is 2.43. The van der Waals surface area contributed by atoms with Crippen LogP contribution in [0.3, 0.4) is 0 Å². The van der Waals surface area contributed by atoms with Gasteiger partial charge in [0.05, 0.1) is 12.7 Å². The minimum absolute atomic E-state index is 0.0326. The van der Waals surface area contributed by atoms with E-state index in [4.69, 9.17) is 9.47 Å². The predicted molar refractivity (Wildman–Crippen MR) is 101 cm³/mol. The van der Waals surface area contributed by atoms with E-state index in [-0.39, 0.29) is 23.0 Å². The van der Waals surface area contributed by atoms with Crippen LogP contribution in [0.4, 0.5) is 0 Å². The van der Waals surface area contributed by atoms with Crippen LogP contribution < -0.4 is 0 Å². The molecule has 2 aliphatic rings. The van der Waals surface area contributed by atoms with Crippen LogP contribution >= 0.6 is 0 Å². The van der Waals surface area contributed by atoms with Crippen molar-refractivity contribution in [1.29, 1.82) is 0 Å². The third kappa shape index (κ3) is 5.03. The fourth-order valence-corrected chi connectivity index (χ4v) is 4.06. The molecule has 26 heavy (non-hydrogen) atoms. The van der Waals surface area contributed by atoms with E-state index in [1.165, 1.54) is 0 Å². The first-order valence-corrected chi connectivity index (χ1v) is 9.68. The van der Waals surface area contributed by atoms with Crippen LogP contribution in [-0.4, -0.2) is 36.8 Å². The molecule has 0 aromatic heterocycles. The normalized spacial score (nSPS) is 24.5. The topological polar surface area (TPSA) is 55.8 Å². The number of hydrogen-bond acceptors (Lipinski definition) is 4. The number of carbonyl (C=O) groups is 1. The molecule has 1 spiro atoms. The van der Waals surface area contributed by atoms with Gasteiger partial charge in [-0.2, -0.15) is 0 Å². The molecule has 1 heterocycles. The quantitative estimate of drug-likeness (QED) is 0.810.